The Morgan fingerprint density at radius 2 is 1.77 bits per heavy atom. The number of rotatable bonds is 6. The van der Waals surface area contributed by atoms with E-state index < -0.39 is 0 Å². The van der Waals surface area contributed by atoms with Gasteiger partial charge in [0.1, 0.15) is 11.6 Å². The van der Waals surface area contributed by atoms with Gasteiger partial charge in [-0.3, -0.25) is 4.79 Å². The van der Waals surface area contributed by atoms with Crippen molar-refractivity contribution in [3.05, 3.63) is 66.0 Å². The molecule has 1 amide bonds. The van der Waals surface area contributed by atoms with Gasteiger partial charge in [-0.05, 0) is 61.9 Å². The highest BCUT2D eigenvalue weighted by Crippen LogP contribution is 2.30. The van der Waals surface area contributed by atoms with Crippen LogP contribution in [0.5, 0.6) is 0 Å². The van der Waals surface area contributed by atoms with Crippen LogP contribution in [0.4, 0.5) is 15.9 Å². The van der Waals surface area contributed by atoms with E-state index in [9.17, 15) is 9.18 Å². The Bertz CT molecular complexity index is 1040. The predicted molar refractivity (Wildman–Crippen MR) is 124 cm³/mol. The summed E-state index contributed by atoms with van der Waals surface area (Å²) in [5.41, 5.74) is 2.65. The number of halogens is 1. The van der Waals surface area contributed by atoms with E-state index in [1.807, 2.05) is 18.2 Å². The molecule has 0 atom stereocenters. The van der Waals surface area contributed by atoms with Gasteiger partial charge in [0.15, 0.2) is 0 Å². The van der Waals surface area contributed by atoms with Gasteiger partial charge >= 0.3 is 0 Å². The van der Waals surface area contributed by atoms with Crippen LogP contribution in [0.15, 0.2) is 54.6 Å². The lowest BCUT2D eigenvalue weighted by Gasteiger charge is -2.30. The molecule has 4 rings (SSSR count). The number of benzene rings is 2. The molecule has 2 N–H and O–H groups in total. The van der Waals surface area contributed by atoms with E-state index in [-0.39, 0.29) is 11.7 Å². The molecule has 0 unspecified atom stereocenters. The minimum absolute atomic E-state index is 0.142. The average Bonchev–Trinajstić information content (AvgIpc) is 2.78. The monoisotopic (exact) mass is 420 g/mol. The lowest BCUT2D eigenvalue weighted by atomic mass is 9.86. The second-order valence-electron chi connectivity index (χ2n) is 8.52. The van der Waals surface area contributed by atoms with Crippen molar-refractivity contribution < 1.29 is 9.18 Å². The number of nitrogens with zero attached hydrogens (tertiary/aromatic N) is 2. The lowest BCUT2D eigenvalue weighted by Crippen LogP contribution is -2.34. The van der Waals surface area contributed by atoms with Crippen molar-refractivity contribution >= 4 is 28.3 Å². The number of anilines is 2. The fourth-order valence-corrected chi connectivity index (χ4v) is 4.26. The second-order valence-corrected chi connectivity index (χ2v) is 8.52. The Balaban J connectivity index is 1.31. The van der Waals surface area contributed by atoms with Crippen molar-refractivity contribution in [2.45, 2.75) is 31.7 Å². The molecule has 0 radical (unpaired) electrons. The molecular formula is C25H29FN4O. The molecule has 6 heteroatoms. The maximum absolute atomic E-state index is 13.0. The molecular weight excluding hydrogens is 391 g/mol. The summed E-state index contributed by atoms with van der Waals surface area (Å²) in [5, 5.41) is 7.77. The Labute approximate surface area is 182 Å². The molecule has 0 saturated heterocycles. The number of amides is 1. The van der Waals surface area contributed by atoms with Crippen molar-refractivity contribution in [2.24, 2.45) is 5.92 Å². The van der Waals surface area contributed by atoms with Gasteiger partial charge < -0.3 is 15.5 Å². The van der Waals surface area contributed by atoms with E-state index in [1.54, 1.807) is 0 Å². The third-order valence-electron chi connectivity index (χ3n) is 6.03. The van der Waals surface area contributed by atoms with E-state index in [1.165, 1.54) is 24.3 Å². The van der Waals surface area contributed by atoms with Crippen LogP contribution in [0.3, 0.4) is 0 Å². The SMILES string of the molecule is CN(C)c1cc(NC2CCC(CNC(=O)c3ccc(F)cc3)CC2)nc2ccccc12. The van der Waals surface area contributed by atoms with Gasteiger partial charge in [-0.1, -0.05) is 18.2 Å². The number of aromatic nitrogens is 1. The first kappa shape index (κ1) is 21.1. The standard InChI is InChI=1S/C25H29FN4O/c1-30(2)23-15-24(29-22-6-4-3-5-21(22)23)28-20-13-7-17(8-14-20)16-27-25(31)18-9-11-19(26)12-10-18/h3-6,9-12,15,17,20H,7-8,13-14,16H2,1-2H3,(H,27,31)(H,28,29). The van der Waals surface area contributed by atoms with Gasteiger partial charge in [0.05, 0.1) is 5.52 Å². The van der Waals surface area contributed by atoms with E-state index in [0.717, 1.165) is 48.1 Å². The highest BCUT2D eigenvalue weighted by Gasteiger charge is 2.22. The van der Waals surface area contributed by atoms with Crippen molar-refractivity contribution in [3.63, 3.8) is 0 Å². The normalized spacial score (nSPS) is 18.5. The van der Waals surface area contributed by atoms with Crippen molar-refractivity contribution in [2.75, 3.05) is 30.9 Å². The van der Waals surface area contributed by atoms with E-state index in [2.05, 4.69) is 41.8 Å². The quantitative estimate of drug-likeness (QED) is 0.599. The van der Waals surface area contributed by atoms with Crippen LogP contribution in [-0.4, -0.2) is 37.6 Å². The van der Waals surface area contributed by atoms with Crippen molar-refractivity contribution in [3.8, 4) is 0 Å². The summed E-state index contributed by atoms with van der Waals surface area (Å²) in [4.78, 5) is 19.2. The first-order chi connectivity index (χ1) is 15.0. The molecule has 3 aromatic rings. The van der Waals surface area contributed by atoms with Crippen LogP contribution in [0, 0.1) is 11.7 Å². The summed E-state index contributed by atoms with van der Waals surface area (Å²) in [6.45, 7) is 0.655. The molecule has 0 spiro atoms. The molecule has 0 aliphatic heterocycles. The van der Waals surface area contributed by atoms with Crippen LogP contribution in [0.25, 0.3) is 10.9 Å². The maximum Gasteiger partial charge on any atom is 0.251 e. The van der Waals surface area contributed by atoms with Gasteiger partial charge in [0.25, 0.3) is 5.91 Å². The fraction of sp³-hybridized carbons (Fsp3) is 0.360. The molecule has 1 aliphatic carbocycles. The summed E-state index contributed by atoms with van der Waals surface area (Å²) < 4.78 is 13.0. The Morgan fingerprint density at radius 1 is 1.06 bits per heavy atom. The third-order valence-corrected chi connectivity index (χ3v) is 6.03. The van der Waals surface area contributed by atoms with Crippen LogP contribution in [0.2, 0.25) is 0 Å². The zero-order chi connectivity index (χ0) is 21.8. The van der Waals surface area contributed by atoms with Crippen molar-refractivity contribution in [1.82, 2.24) is 10.3 Å². The number of pyridine rings is 1. The summed E-state index contributed by atoms with van der Waals surface area (Å²) in [5.74, 6) is 0.901. The fourth-order valence-electron chi connectivity index (χ4n) is 4.26. The third kappa shape index (κ3) is 5.13. The van der Waals surface area contributed by atoms with E-state index in [4.69, 9.17) is 4.98 Å². The average molecular weight is 421 g/mol. The number of para-hydroxylation sites is 1. The smallest absolute Gasteiger partial charge is 0.251 e. The second kappa shape index (κ2) is 9.33. The van der Waals surface area contributed by atoms with Gasteiger partial charge in [0, 0.05) is 49.4 Å². The van der Waals surface area contributed by atoms with Crippen LogP contribution in [-0.2, 0) is 0 Å². The molecule has 1 aromatic heterocycles. The number of hydrogen-bond donors (Lipinski definition) is 2. The highest BCUT2D eigenvalue weighted by atomic mass is 19.1. The first-order valence-corrected chi connectivity index (χ1v) is 10.9. The summed E-state index contributed by atoms with van der Waals surface area (Å²) in [6, 6.07) is 16.4. The largest absolute Gasteiger partial charge is 0.377 e. The summed E-state index contributed by atoms with van der Waals surface area (Å²) in [7, 11) is 4.11. The molecule has 1 aliphatic rings. The van der Waals surface area contributed by atoms with Crippen LogP contribution in [0.1, 0.15) is 36.0 Å². The number of fused-ring (bicyclic) bond motifs is 1. The number of nitrogens with one attached hydrogen (secondary N) is 2. The van der Waals surface area contributed by atoms with Crippen LogP contribution >= 0.6 is 0 Å². The molecule has 31 heavy (non-hydrogen) atoms. The zero-order valence-electron chi connectivity index (χ0n) is 18.1. The Morgan fingerprint density at radius 3 is 2.48 bits per heavy atom. The van der Waals surface area contributed by atoms with Gasteiger partial charge in [-0.2, -0.15) is 0 Å². The van der Waals surface area contributed by atoms with Gasteiger partial charge in [-0.15, -0.1) is 0 Å². The van der Waals surface area contributed by atoms with E-state index in [0.29, 0.717) is 24.1 Å². The number of carbonyl (C=O) groups excluding carboxylic acids is 1. The summed E-state index contributed by atoms with van der Waals surface area (Å²) in [6.07, 6.45) is 4.19. The van der Waals surface area contributed by atoms with Gasteiger partial charge in [-0.25, -0.2) is 9.37 Å². The van der Waals surface area contributed by atoms with E-state index >= 15 is 0 Å². The highest BCUT2D eigenvalue weighted by molar-refractivity contribution is 5.94. The predicted octanol–water partition coefficient (Wildman–Crippen LogP) is 4.84. The van der Waals surface area contributed by atoms with Gasteiger partial charge in [0.2, 0.25) is 0 Å². The molecule has 1 fully saturated rings. The molecule has 162 valence electrons. The van der Waals surface area contributed by atoms with Crippen LogP contribution < -0.4 is 15.5 Å². The first-order valence-electron chi connectivity index (χ1n) is 10.9. The molecule has 1 saturated carbocycles. The zero-order valence-corrected chi connectivity index (χ0v) is 18.1. The Kier molecular flexibility index (Phi) is 6.35. The Hall–Kier alpha value is -3.15. The molecule has 2 aromatic carbocycles. The minimum atomic E-state index is -0.332. The number of carbonyl (C=O) groups is 1. The summed E-state index contributed by atoms with van der Waals surface area (Å²) >= 11 is 0. The lowest BCUT2D eigenvalue weighted by molar-refractivity contribution is 0.0943. The minimum Gasteiger partial charge on any atom is -0.377 e. The number of hydrogen-bond acceptors (Lipinski definition) is 4. The molecule has 0 bridgehead atoms. The molecule has 1 heterocycles. The molecule has 5 nitrogen and oxygen atoms in total. The van der Waals surface area contributed by atoms with Crippen molar-refractivity contribution in [1.29, 1.82) is 0 Å². The topological polar surface area (TPSA) is 57.3 Å². The maximum atomic E-state index is 13.0.